The number of hydrogen-bond acceptors (Lipinski definition) is 7. The summed E-state index contributed by atoms with van der Waals surface area (Å²) in [4.78, 5) is 20.9. The fourth-order valence-corrected chi connectivity index (χ4v) is 2.82. The van der Waals surface area contributed by atoms with Crippen molar-refractivity contribution in [3.63, 3.8) is 0 Å². The van der Waals surface area contributed by atoms with E-state index in [-0.39, 0.29) is 11.8 Å². The van der Waals surface area contributed by atoms with Gasteiger partial charge in [0.15, 0.2) is 11.5 Å². The molecule has 30 heavy (non-hydrogen) atoms. The molecule has 156 valence electrons. The van der Waals surface area contributed by atoms with E-state index in [0.717, 1.165) is 11.1 Å². The van der Waals surface area contributed by atoms with Gasteiger partial charge in [-0.05, 0) is 41.8 Å². The summed E-state index contributed by atoms with van der Waals surface area (Å²) in [6.45, 7) is 3.94. The highest BCUT2D eigenvalue weighted by molar-refractivity contribution is 5.92. The van der Waals surface area contributed by atoms with Crippen molar-refractivity contribution in [2.75, 3.05) is 14.2 Å². The van der Waals surface area contributed by atoms with E-state index in [1.54, 1.807) is 57.0 Å². The molecule has 0 saturated carbocycles. The van der Waals surface area contributed by atoms with Gasteiger partial charge in [0.05, 0.1) is 14.2 Å². The van der Waals surface area contributed by atoms with Gasteiger partial charge in [0, 0.05) is 24.0 Å². The Morgan fingerprint density at radius 2 is 1.83 bits per heavy atom. The van der Waals surface area contributed by atoms with Gasteiger partial charge in [-0.2, -0.15) is 4.98 Å². The summed E-state index contributed by atoms with van der Waals surface area (Å²) in [5.41, 5.74) is 1.60. The number of pyridine rings is 1. The molecule has 0 radical (unpaired) electrons. The molecule has 1 N–H and O–H groups in total. The third-order valence-corrected chi connectivity index (χ3v) is 4.45. The van der Waals surface area contributed by atoms with Crippen LogP contribution >= 0.6 is 0 Å². The Hall–Kier alpha value is -3.68. The lowest BCUT2D eigenvalue weighted by Gasteiger charge is -2.17. The normalized spacial score (nSPS) is 12.2. The van der Waals surface area contributed by atoms with Gasteiger partial charge >= 0.3 is 0 Å². The third kappa shape index (κ3) is 5.02. The molecule has 0 saturated heterocycles. The first-order valence-corrected chi connectivity index (χ1v) is 9.46. The number of nitrogens with zero attached hydrogens (tertiary/aromatic N) is 3. The maximum Gasteiger partial charge on any atom is 0.249 e. The Bertz CT molecular complexity index is 1010. The van der Waals surface area contributed by atoms with Gasteiger partial charge in [-0.15, -0.1) is 0 Å². The minimum absolute atomic E-state index is 0.0502. The van der Waals surface area contributed by atoms with Crippen molar-refractivity contribution in [3.8, 4) is 22.9 Å². The average Bonchev–Trinajstić information content (AvgIpc) is 3.26. The first-order chi connectivity index (χ1) is 14.5. The molecule has 8 nitrogen and oxygen atoms in total. The van der Waals surface area contributed by atoms with Crippen LogP contribution in [0.4, 0.5) is 0 Å². The van der Waals surface area contributed by atoms with Crippen LogP contribution in [0.5, 0.6) is 11.5 Å². The lowest BCUT2D eigenvalue weighted by Crippen LogP contribution is -2.30. The van der Waals surface area contributed by atoms with Crippen LogP contribution in [-0.4, -0.2) is 35.3 Å². The van der Waals surface area contributed by atoms with E-state index in [4.69, 9.17) is 14.0 Å². The molecule has 1 atom stereocenters. The Kier molecular flexibility index (Phi) is 6.79. The summed E-state index contributed by atoms with van der Waals surface area (Å²) in [5.74, 6) is 1.80. The second-order valence-corrected chi connectivity index (χ2v) is 6.87. The van der Waals surface area contributed by atoms with Crippen LogP contribution < -0.4 is 14.8 Å². The van der Waals surface area contributed by atoms with Crippen LogP contribution in [-0.2, 0) is 4.79 Å². The van der Waals surface area contributed by atoms with Crippen LogP contribution in [0, 0.1) is 5.92 Å². The summed E-state index contributed by atoms with van der Waals surface area (Å²) < 4.78 is 15.9. The molecule has 1 amide bonds. The highest BCUT2D eigenvalue weighted by atomic mass is 16.5. The van der Waals surface area contributed by atoms with Crippen LogP contribution in [0.25, 0.3) is 17.5 Å². The topological polar surface area (TPSA) is 99.4 Å². The van der Waals surface area contributed by atoms with Gasteiger partial charge < -0.3 is 19.3 Å². The van der Waals surface area contributed by atoms with Crippen molar-refractivity contribution in [2.24, 2.45) is 5.92 Å². The molecule has 0 fully saturated rings. The second kappa shape index (κ2) is 9.69. The number of ether oxygens (including phenoxy) is 2. The molecule has 0 aliphatic rings. The molecule has 8 heteroatoms. The highest BCUT2D eigenvalue weighted by Gasteiger charge is 2.24. The summed E-state index contributed by atoms with van der Waals surface area (Å²) >= 11 is 0. The number of nitrogens with one attached hydrogen (secondary N) is 1. The summed E-state index contributed by atoms with van der Waals surface area (Å²) in [6, 6.07) is 8.58. The number of rotatable bonds is 8. The van der Waals surface area contributed by atoms with Gasteiger partial charge in [-0.25, -0.2) is 0 Å². The quantitative estimate of drug-likeness (QED) is 0.568. The number of benzene rings is 1. The van der Waals surface area contributed by atoms with Crippen molar-refractivity contribution in [2.45, 2.75) is 19.9 Å². The smallest absolute Gasteiger partial charge is 0.249 e. The van der Waals surface area contributed by atoms with E-state index in [0.29, 0.717) is 23.2 Å². The molecule has 0 spiro atoms. The monoisotopic (exact) mass is 408 g/mol. The van der Waals surface area contributed by atoms with Crippen molar-refractivity contribution in [1.29, 1.82) is 0 Å². The first kappa shape index (κ1) is 21.0. The molecule has 3 aromatic rings. The van der Waals surface area contributed by atoms with Gasteiger partial charge in [-0.1, -0.05) is 25.1 Å². The van der Waals surface area contributed by atoms with E-state index >= 15 is 0 Å². The maximum atomic E-state index is 12.5. The van der Waals surface area contributed by atoms with Gasteiger partial charge in [-0.3, -0.25) is 9.78 Å². The molecule has 0 aliphatic heterocycles. The minimum Gasteiger partial charge on any atom is -0.493 e. The molecule has 0 aliphatic carbocycles. The van der Waals surface area contributed by atoms with Crippen molar-refractivity contribution >= 4 is 12.0 Å². The predicted molar refractivity (Wildman–Crippen MR) is 112 cm³/mol. The Morgan fingerprint density at radius 1 is 1.10 bits per heavy atom. The molecule has 2 aromatic heterocycles. The third-order valence-electron chi connectivity index (χ3n) is 4.45. The fraction of sp³-hybridized carbons (Fsp3) is 0.273. The molecular weight excluding hydrogens is 384 g/mol. The lowest BCUT2D eigenvalue weighted by atomic mass is 10.0. The van der Waals surface area contributed by atoms with Crippen LogP contribution in [0.15, 0.2) is 53.3 Å². The number of methoxy groups -OCH3 is 2. The minimum atomic E-state index is -0.421. The lowest BCUT2D eigenvalue weighted by molar-refractivity contribution is -0.117. The van der Waals surface area contributed by atoms with Crippen LogP contribution in [0.1, 0.15) is 31.3 Å². The molecule has 1 aromatic carbocycles. The number of hydrogen-bond donors (Lipinski definition) is 1. The largest absolute Gasteiger partial charge is 0.493 e. The van der Waals surface area contributed by atoms with Crippen molar-refractivity contribution in [3.05, 3.63) is 60.3 Å². The molecular formula is C22H24N4O4. The molecule has 3 rings (SSSR count). The zero-order valence-electron chi connectivity index (χ0n) is 17.3. The summed E-state index contributed by atoms with van der Waals surface area (Å²) in [7, 11) is 3.14. The average molecular weight is 408 g/mol. The number of carbonyl (C=O) groups is 1. The van der Waals surface area contributed by atoms with Crippen LogP contribution in [0.3, 0.4) is 0 Å². The SMILES string of the molecule is COc1ccc(/C=C/C(=O)NC(c2nc(-c3ccncc3)no2)C(C)C)cc1OC. The van der Waals surface area contributed by atoms with Gasteiger partial charge in [0.1, 0.15) is 6.04 Å². The predicted octanol–water partition coefficient (Wildman–Crippen LogP) is 3.68. The van der Waals surface area contributed by atoms with Gasteiger partial charge in [0.25, 0.3) is 0 Å². The van der Waals surface area contributed by atoms with Gasteiger partial charge in [0.2, 0.25) is 17.6 Å². The van der Waals surface area contributed by atoms with E-state index in [2.05, 4.69) is 20.4 Å². The zero-order chi connectivity index (χ0) is 21.5. The standard InChI is InChI=1S/C22H24N4O4/c1-14(2)20(22-25-21(26-30-22)16-9-11-23-12-10-16)24-19(27)8-6-15-5-7-17(28-3)18(13-15)29-4/h5-14,20H,1-4H3,(H,24,27)/b8-6+. The highest BCUT2D eigenvalue weighted by Crippen LogP contribution is 2.28. The summed E-state index contributed by atoms with van der Waals surface area (Å²) in [5, 5.41) is 6.95. The van der Waals surface area contributed by atoms with E-state index in [1.807, 2.05) is 19.9 Å². The Balaban J connectivity index is 1.72. The van der Waals surface area contributed by atoms with E-state index < -0.39 is 6.04 Å². The molecule has 0 bridgehead atoms. The molecule has 2 heterocycles. The fourth-order valence-electron chi connectivity index (χ4n) is 2.82. The number of carbonyl (C=O) groups excluding carboxylic acids is 1. The molecule has 1 unspecified atom stereocenters. The number of amides is 1. The Morgan fingerprint density at radius 3 is 2.50 bits per heavy atom. The van der Waals surface area contributed by atoms with Crippen LogP contribution in [0.2, 0.25) is 0 Å². The van der Waals surface area contributed by atoms with E-state index in [1.165, 1.54) is 6.08 Å². The Labute approximate surface area is 174 Å². The number of aromatic nitrogens is 3. The van der Waals surface area contributed by atoms with Crippen molar-refractivity contribution < 1.29 is 18.8 Å². The maximum absolute atomic E-state index is 12.5. The van der Waals surface area contributed by atoms with Crippen molar-refractivity contribution in [1.82, 2.24) is 20.4 Å². The second-order valence-electron chi connectivity index (χ2n) is 6.87. The summed E-state index contributed by atoms with van der Waals surface area (Å²) in [6.07, 6.45) is 6.47. The van der Waals surface area contributed by atoms with E-state index in [9.17, 15) is 4.79 Å². The zero-order valence-corrected chi connectivity index (χ0v) is 17.3. The first-order valence-electron chi connectivity index (χ1n) is 9.46.